The molecular formula is C16H27NO2. The average molecular weight is 265 g/mol. The number of amides is 1. The fourth-order valence-corrected chi connectivity index (χ4v) is 2.05. The molecule has 19 heavy (non-hydrogen) atoms. The number of carbonyl (C=O) groups excluding carboxylic acids is 1. The third-order valence-corrected chi connectivity index (χ3v) is 2.89. The second-order valence-electron chi connectivity index (χ2n) is 3.81. The van der Waals surface area contributed by atoms with Crippen LogP contribution in [-0.2, 0) is 4.74 Å². The van der Waals surface area contributed by atoms with Gasteiger partial charge < -0.3 is 9.64 Å². The summed E-state index contributed by atoms with van der Waals surface area (Å²) in [5, 5.41) is 0. The molecule has 2 rings (SSSR count). The van der Waals surface area contributed by atoms with Crippen LogP contribution in [-0.4, -0.2) is 31.2 Å². The Hall–Kier alpha value is -1.51. The van der Waals surface area contributed by atoms with E-state index in [9.17, 15) is 4.79 Å². The minimum absolute atomic E-state index is 0.214. The maximum atomic E-state index is 11.3. The number of methoxy groups -OCH3 is 1. The van der Waals surface area contributed by atoms with Crippen molar-refractivity contribution in [2.45, 2.75) is 40.0 Å². The van der Waals surface area contributed by atoms with Crippen molar-refractivity contribution in [2.75, 3.05) is 20.2 Å². The van der Waals surface area contributed by atoms with Gasteiger partial charge in [0.15, 0.2) is 0 Å². The molecule has 0 aromatic heterocycles. The summed E-state index contributed by atoms with van der Waals surface area (Å²) in [6.07, 6.45) is 0.812. The molecule has 0 spiro atoms. The summed E-state index contributed by atoms with van der Waals surface area (Å²) in [5.74, 6) is 0.463. The summed E-state index contributed by atoms with van der Waals surface area (Å²) in [6, 6.07) is 10.3. The Morgan fingerprint density at radius 2 is 1.74 bits per heavy atom. The lowest BCUT2D eigenvalue weighted by atomic mass is 9.99. The van der Waals surface area contributed by atoms with Crippen molar-refractivity contribution in [1.29, 1.82) is 0 Å². The molecule has 1 atom stereocenters. The van der Waals surface area contributed by atoms with Crippen molar-refractivity contribution in [3.05, 3.63) is 35.9 Å². The maximum absolute atomic E-state index is 11.3. The van der Waals surface area contributed by atoms with Gasteiger partial charge in [0, 0.05) is 19.0 Å². The summed E-state index contributed by atoms with van der Waals surface area (Å²) >= 11 is 0. The zero-order valence-corrected chi connectivity index (χ0v) is 12.8. The van der Waals surface area contributed by atoms with Crippen molar-refractivity contribution >= 4 is 6.09 Å². The van der Waals surface area contributed by atoms with Crippen LogP contribution in [0.2, 0.25) is 0 Å². The van der Waals surface area contributed by atoms with E-state index in [0.29, 0.717) is 5.92 Å². The van der Waals surface area contributed by atoms with Crippen LogP contribution in [0.15, 0.2) is 30.3 Å². The van der Waals surface area contributed by atoms with Gasteiger partial charge in [0.2, 0.25) is 0 Å². The number of nitrogens with zero attached hydrogens (tertiary/aromatic N) is 1. The van der Waals surface area contributed by atoms with Gasteiger partial charge in [-0.2, -0.15) is 0 Å². The number of ether oxygens (including phenoxy) is 1. The summed E-state index contributed by atoms with van der Waals surface area (Å²) < 4.78 is 4.71. The minimum Gasteiger partial charge on any atom is -0.453 e. The van der Waals surface area contributed by atoms with E-state index in [2.05, 4.69) is 12.1 Å². The van der Waals surface area contributed by atoms with E-state index in [1.54, 1.807) is 4.90 Å². The summed E-state index contributed by atoms with van der Waals surface area (Å²) in [5.41, 5.74) is 1.31. The molecule has 1 unspecified atom stereocenters. The lowest BCUT2D eigenvalue weighted by Gasteiger charge is -2.14. The predicted molar refractivity (Wildman–Crippen MR) is 80.5 cm³/mol. The van der Waals surface area contributed by atoms with Crippen LogP contribution in [0.25, 0.3) is 0 Å². The Labute approximate surface area is 117 Å². The summed E-state index contributed by atoms with van der Waals surface area (Å²) in [6.45, 7) is 9.57. The second kappa shape index (κ2) is 10.4. The Kier molecular flexibility index (Phi) is 9.59. The van der Waals surface area contributed by atoms with E-state index in [1.165, 1.54) is 12.7 Å². The van der Waals surface area contributed by atoms with E-state index < -0.39 is 0 Å². The first kappa shape index (κ1) is 17.5. The number of carbonyl (C=O) groups is 1. The van der Waals surface area contributed by atoms with E-state index in [4.69, 9.17) is 4.74 Å². The van der Waals surface area contributed by atoms with Gasteiger partial charge in [-0.25, -0.2) is 4.79 Å². The largest absolute Gasteiger partial charge is 0.453 e. The Morgan fingerprint density at radius 3 is 2.26 bits per heavy atom. The van der Waals surface area contributed by atoms with E-state index in [0.717, 1.165) is 19.5 Å². The van der Waals surface area contributed by atoms with Crippen molar-refractivity contribution in [1.82, 2.24) is 4.90 Å². The monoisotopic (exact) mass is 265 g/mol. The standard InChI is InChI=1S/C12H15NO2.2C2H6/c1-15-12(14)13-8-7-11(9-13)10-5-3-2-4-6-10;2*1-2/h2-6,11H,7-9H2,1H3;2*1-2H3. The number of benzene rings is 1. The molecule has 3 nitrogen and oxygen atoms in total. The van der Waals surface area contributed by atoms with Crippen LogP contribution in [0.3, 0.4) is 0 Å². The first-order chi connectivity index (χ1) is 9.31. The van der Waals surface area contributed by atoms with Gasteiger partial charge in [0.05, 0.1) is 7.11 Å². The van der Waals surface area contributed by atoms with Crippen LogP contribution in [0, 0.1) is 0 Å². The smallest absolute Gasteiger partial charge is 0.409 e. The lowest BCUT2D eigenvalue weighted by molar-refractivity contribution is 0.132. The Bertz CT molecular complexity index is 338. The van der Waals surface area contributed by atoms with Crippen molar-refractivity contribution < 1.29 is 9.53 Å². The average Bonchev–Trinajstić information content (AvgIpc) is 3.01. The highest BCUT2D eigenvalue weighted by Gasteiger charge is 2.27. The number of hydrogen-bond donors (Lipinski definition) is 0. The highest BCUT2D eigenvalue weighted by atomic mass is 16.5. The highest BCUT2D eigenvalue weighted by Crippen LogP contribution is 2.26. The van der Waals surface area contributed by atoms with E-state index in [-0.39, 0.29) is 6.09 Å². The lowest BCUT2D eigenvalue weighted by Crippen LogP contribution is -2.28. The molecule has 1 saturated heterocycles. The van der Waals surface area contributed by atoms with E-state index >= 15 is 0 Å². The SMILES string of the molecule is CC.CC.COC(=O)N1CCC(c2ccccc2)C1. The van der Waals surface area contributed by atoms with Crippen LogP contribution >= 0.6 is 0 Å². The molecule has 1 fully saturated rings. The van der Waals surface area contributed by atoms with Crippen molar-refractivity contribution in [3.63, 3.8) is 0 Å². The van der Waals surface area contributed by atoms with Crippen LogP contribution < -0.4 is 0 Å². The van der Waals surface area contributed by atoms with Crippen LogP contribution in [0.5, 0.6) is 0 Å². The number of likely N-dealkylation sites (tertiary alicyclic amines) is 1. The zero-order valence-electron chi connectivity index (χ0n) is 12.8. The predicted octanol–water partition coefficient (Wildman–Crippen LogP) is 4.29. The zero-order chi connectivity index (χ0) is 14.7. The number of rotatable bonds is 1. The first-order valence-corrected chi connectivity index (χ1v) is 7.19. The van der Waals surface area contributed by atoms with Crippen LogP contribution in [0.4, 0.5) is 4.79 Å². The fraction of sp³-hybridized carbons (Fsp3) is 0.562. The molecule has 1 aliphatic heterocycles. The van der Waals surface area contributed by atoms with Gasteiger partial charge in [-0.3, -0.25) is 0 Å². The molecule has 0 radical (unpaired) electrons. The quantitative estimate of drug-likeness (QED) is 0.758. The van der Waals surface area contributed by atoms with Gasteiger partial charge in [-0.15, -0.1) is 0 Å². The van der Waals surface area contributed by atoms with Crippen molar-refractivity contribution in [2.24, 2.45) is 0 Å². The molecule has 0 N–H and O–H groups in total. The maximum Gasteiger partial charge on any atom is 0.409 e. The molecule has 1 heterocycles. The van der Waals surface area contributed by atoms with Gasteiger partial charge in [0.25, 0.3) is 0 Å². The molecule has 1 aromatic carbocycles. The molecule has 108 valence electrons. The van der Waals surface area contributed by atoms with Gasteiger partial charge in [-0.05, 0) is 12.0 Å². The normalized spacial score (nSPS) is 16.7. The molecule has 3 heteroatoms. The Balaban J connectivity index is 0.000000741. The molecule has 0 saturated carbocycles. The third kappa shape index (κ3) is 5.33. The third-order valence-electron chi connectivity index (χ3n) is 2.89. The molecule has 0 aliphatic carbocycles. The molecule has 0 bridgehead atoms. The summed E-state index contributed by atoms with van der Waals surface area (Å²) in [4.78, 5) is 13.1. The van der Waals surface area contributed by atoms with Crippen molar-refractivity contribution in [3.8, 4) is 0 Å². The fourth-order valence-electron chi connectivity index (χ4n) is 2.05. The topological polar surface area (TPSA) is 29.5 Å². The molecule has 1 aliphatic rings. The number of hydrogen-bond acceptors (Lipinski definition) is 2. The first-order valence-electron chi connectivity index (χ1n) is 7.19. The molecule has 1 amide bonds. The van der Waals surface area contributed by atoms with Gasteiger partial charge in [-0.1, -0.05) is 58.0 Å². The Morgan fingerprint density at radius 1 is 1.16 bits per heavy atom. The van der Waals surface area contributed by atoms with Gasteiger partial charge >= 0.3 is 6.09 Å². The minimum atomic E-state index is -0.214. The second-order valence-corrected chi connectivity index (χ2v) is 3.81. The highest BCUT2D eigenvalue weighted by molar-refractivity contribution is 5.67. The summed E-state index contributed by atoms with van der Waals surface area (Å²) in [7, 11) is 1.43. The van der Waals surface area contributed by atoms with Gasteiger partial charge in [0.1, 0.15) is 0 Å². The van der Waals surface area contributed by atoms with E-state index in [1.807, 2.05) is 45.9 Å². The molecular weight excluding hydrogens is 238 g/mol. The van der Waals surface area contributed by atoms with Crippen LogP contribution in [0.1, 0.15) is 45.6 Å². The molecule has 1 aromatic rings.